The summed E-state index contributed by atoms with van der Waals surface area (Å²) < 4.78 is 7.58. The van der Waals surface area contributed by atoms with Crippen molar-refractivity contribution < 1.29 is 4.74 Å². The lowest BCUT2D eigenvalue weighted by Crippen LogP contribution is -2.34. The Bertz CT molecular complexity index is 581. The predicted molar refractivity (Wildman–Crippen MR) is 80.8 cm³/mol. The first-order chi connectivity index (χ1) is 10.3. The van der Waals surface area contributed by atoms with Crippen LogP contribution in [0.3, 0.4) is 0 Å². The first kappa shape index (κ1) is 14.2. The summed E-state index contributed by atoms with van der Waals surface area (Å²) in [5.74, 6) is 0.402. The Hall–Kier alpha value is -1.72. The third-order valence-electron chi connectivity index (χ3n) is 3.88. The molecule has 112 valence electrons. The molecule has 1 aliphatic heterocycles. The van der Waals surface area contributed by atoms with Crippen LogP contribution in [0.4, 0.5) is 0 Å². The van der Waals surface area contributed by atoms with E-state index in [1.54, 1.807) is 0 Å². The number of nitrogens with zero attached hydrogens (tertiary/aromatic N) is 4. The Morgan fingerprint density at radius 3 is 3.10 bits per heavy atom. The molecule has 0 saturated carbocycles. The average Bonchev–Trinajstić information content (AvgIpc) is 2.86. The average molecular weight is 286 g/mol. The van der Waals surface area contributed by atoms with Gasteiger partial charge < -0.3 is 4.74 Å². The summed E-state index contributed by atoms with van der Waals surface area (Å²) in [4.78, 5) is 6.62. The molecule has 21 heavy (non-hydrogen) atoms. The molecule has 0 N–H and O–H groups in total. The van der Waals surface area contributed by atoms with Crippen LogP contribution in [0.25, 0.3) is 0 Å². The van der Waals surface area contributed by atoms with Crippen molar-refractivity contribution in [3.8, 4) is 0 Å². The zero-order valence-corrected chi connectivity index (χ0v) is 12.7. The molecule has 0 amide bonds. The predicted octanol–water partition coefficient (Wildman–Crippen LogP) is 1.95. The fourth-order valence-corrected chi connectivity index (χ4v) is 2.98. The number of aromatic nitrogens is 3. The smallest absolute Gasteiger partial charge is 0.0800 e. The zero-order chi connectivity index (χ0) is 14.7. The van der Waals surface area contributed by atoms with Crippen LogP contribution in [0.1, 0.15) is 29.7 Å². The van der Waals surface area contributed by atoms with Gasteiger partial charge in [0, 0.05) is 63.4 Å². The van der Waals surface area contributed by atoms with Gasteiger partial charge in [0.1, 0.15) is 0 Å². The van der Waals surface area contributed by atoms with E-state index in [0.717, 1.165) is 32.8 Å². The molecule has 1 atom stereocenters. The maximum atomic E-state index is 5.66. The summed E-state index contributed by atoms with van der Waals surface area (Å²) in [5.41, 5.74) is 3.76. The number of pyridine rings is 1. The second-order valence-corrected chi connectivity index (χ2v) is 5.59. The van der Waals surface area contributed by atoms with E-state index in [1.807, 2.05) is 37.1 Å². The molecular formula is C16H22N4O. The number of hydrogen-bond donors (Lipinski definition) is 0. The highest BCUT2D eigenvalue weighted by atomic mass is 16.5. The van der Waals surface area contributed by atoms with Crippen molar-refractivity contribution in [2.45, 2.75) is 25.9 Å². The molecule has 0 saturated heterocycles. The van der Waals surface area contributed by atoms with Gasteiger partial charge in [-0.2, -0.15) is 5.10 Å². The third kappa shape index (κ3) is 3.31. The maximum absolute atomic E-state index is 5.66. The molecule has 0 fully saturated rings. The molecule has 0 radical (unpaired) electrons. The molecule has 0 aliphatic carbocycles. The van der Waals surface area contributed by atoms with E-state index in [2.05, 4.69) is 27.2 Å². The lowest BCUT2D eigenvalue weighted by molar-refractivity contribution is 0.105. The highest BCUT2D eigenvalue weighted by Gasteiger charge is 2.28. The lowest BCUT2D eigenvalue weighted by atomic mass is 9.95. The van der Waals surface area contributed by atoms with Gasteiger partial charge in [0.25, 0.3) is 0 Å². The molecule has 0 spiro atoms. The van der Waals surface area contributed by atoms with Gasteiger partial charge >= 0.3 is 0 Å². The van der Waals surface area contributed by atoms with Gasteiger partial charge in [-0.05, 0) is 18.6 Å². The Morgan fingerprint density at radius 2 is 2.33 bits per heavy atom. The minimum absolute atomic E-state index is 0.402. The Balaban J connectivity index is 1.76. The quantitative estimate of drug-likeness (QED) is 0.842. The minimum atomic E-state index is 0.402. The summed E-state index contributed by atoms with van der Waals surface area (Å²) in [6.45, 7) is 6.38. The molecule has 2 aromatic rings. The fraction of sp³-hybridized carbons (Fsp3) is 0.500. The molecule has 3 heterocycles. The van der Waals surface area contributed by atoms with Crippen molar-refractivity contribution in [3.05, 3.63) is 47.5 Å². The summed E-state index contributed by atoms with van der Waals surface area (Å²) in [5, 5.41) is 4.61. The topological polar surface area (TPSA) is 43.2 Å². The largest absolute Gasteiger partial charge is 0.381 e. The molecule has 0 unspecified atom stereocenters. The van der Waals surface area contributed by atoms with Gasteiger partial charge in [-0.1, -0.05) is 6.07 Å². The van der Waals surface area contributed by atoms with E-state index in [1.165, 1.54) is 16.8 Å². The highest BCUT2D eigenvalue weighted by Crippen LogP contribution is 2.28. The molecule has 0 aromatic carbocycles. The summed E-state index contributed by atoms with van der Waals surface area (Å²) >= 11 is 0. The van der Waals surface area contributed by atoms with Crippen LogP contribution < -0.4 is 0 Å². The summed E-state index contributed by atoms with van der Waals surface area (Å²) in [6.07, 6.45) is 5.89. The standard InChI is InChI=1S/C16H22N4O/c1-3-21-12-14-9-20(8-13-5-4-6-17-7-13)11-16-15(14)10-19(2)18-16/h4-7,10,14H,3,8-9,11-12H2,1-2H3/t14-/m1/s1. The van der Waals surface area contributed by atoms with Gasteiger partial charge in [-0.25, -0.2) is 0 Å². The van der Waals surface area contributed by atoms with Crippen LogP contribution >= 0.6 is 0 Å². The van der Waals surface area contributed by atoms with Crippen molar-refractivity contribution in [2.75, 3.05) is 19.8 Å². The summed E-state index contributed by atoms with van der Waals surface area (Å²) in [7, 11) is 1.99. The molecule has 2 aromatic heterocycles. The van der Waals surface area contributed by atoms with E-state index in [0.29, 0.717) is 5.92 Å². The van der Waals surface area contributed by atoms with E-state index >= 15 is 0 Å². The lowest BCUT2D eigenvalue weighted by Gasteiger charge is -2.31. The van der Waals surface area contributed by atoms with Gasteiger partial charge in [-0.15, -0.1) is 0 Å². The van der Waals surface area contributed by atoms with E-state index < -0.39 is 0 Å². The van der Waals surface area contributed by atoms with Crippen LogP contribution in [0.15, 0.2) is 30.7 Å². The van der Waals surface area contributed by atoms with Gasteiger partial charge in [-0.3, -0.25) is 14.6 Å². The number of rotatable bonds is 5. The molecule has 5 heteroatoms. The monoisotopic (exact) mass is 286 g/mol. The van der Waals surface area contributed by atoms with E-state index in [-0.39, 0.29) is 0 Å². The van der Waals surface area contributed by atoms with E-state index in [4.69, 9.17) is 4.74 Å². The second kappa shape index (κ2) is 6.37. The van der Waals surface area contributed by atoms with Crippen molar-refractivity contribution in [2.24, 2.45) is 7.05 Å². The molecule has 5 nitrogen and oxygen atoms in total. The van der Waals surface area contributed by atoms with Crippen molar-refractivity contribution in [1.82, 2.24) is 19.7 Å². The number of fused-ring (bicyclic) bond motifs is 1. The first-order valence-corrected chi connectivity index (χ1v) is 7.47. The highest BCUT2D eigenvalue weighted by molar-refractivity contribution is 5.25. The number of aryl methyl sites for hydroxylation is 1. The number of ether oxygens (including phenoxy) is 1. The number of hydrogen-bond acceptors (Lipinski definition) is 4. The van der Waals surface area contributed by atoms with Crippen molar-refractivity contribution >= 4 is 0 Å². The zero-order valence-electron chi connectivity index (χ0n) is 12.7. The first-order valence-electron chi connectivity index (χ1n) is 7.47. The van der Waals surface area contributed by atoms with Crippen LogP contribution in [-0.4, -0.2) is 39.4 Å². The molecule has 0 bridgehead atoms. The Morgan fingerprint density at radius 1 is 1.43 bits per heavy atom. The molecule has 3 rings (SSSR count). The van der Waals surface area contributed by atoms with Crippen LogP contribution in [0.2, 0.25) is 0 Å². The summed E-state index contributed by atoms with van der Waals surface area (Å²) in [6, 6.07) is 4.11. The maximum Gasteiger partial charge on any atom is 0.0800 e. The normalized spacial score (nSPS) is 18.7. The minimum Gasteiger partial charge on any atom is -0.381 e. The van der Waals surface area contributed by atoms with Crippen molar-refractivity contribution in [1.29, 1.82) is 0 Å². The van der Waals surface area contributed by atoms with Crippen LogP contribution in [-0.2, 0) is 24.9 Å². The van der Waals surface area contributed by atoms with Gasteiger partial charge in [0.05, 0.1) is 12.3 Å². The fourth-order valence-electron chi connectivity index (χ4n) is 2.98. The van der Waals surface area contributed by atoms with Crippen LogP contribution in [0.5, 0.6) is 0 Å². The second-order valence-electron chi connectivity index (χ2n) is 5.59. The molecule has 1 aliphatic rings. The van der Waals surface area contributed by atoms with E-state index in [9.17, 15) is 0 Å². The SMILES string of the molecule is CCOC[C@H]1CN(Cc2cccnc2)Cc2nn(C)cc21. The van der Waals surface area contributed by atoms with Gasteiger partial charge in [0.2, 0.25) is 0 Å². The third-order valence-corrected chi connectivity index (χ3v) is 3.88. The van der Waals surface area contributed by atoms with Gasteiger partial charge in [0.15, 0.2) is 0 Å². The Labute approximate surface area is 125 Å². The molecular weight excluding hydrogens is 264 g/mol. The van der Waals surface area contributed by atoms with Crippen LogP contribution in [0, 0.1) is 0 Å². The Kier molecular flexibility index (Phi) is 4.31. The van der Waals surface area contributed by atoms with Crippen molar-refractivity contribution in [3.63, 3.8) is 0 Å².